The zero-order valence-corrected chi connectivity index (χ0v) is 6.15. The van der Waals surface area contributed by atoms with Gasteiger partial charge in [0.15, 0.2) is 0 Å². The summed E-state index contributed by atoms with van der Waals surface area (Å²) in [5, 5.41) is 0. The number of nitrogens with two attached hydrogens (primary N) is 2. The predicted octanol–water partition coefficient (Wildman–Crippen LogP) is 0.674. The van der Waals surface area contributed by atoms with Crippen molar-refractivity contribution in [1.29, 1.82) is 0 Å². The summed E-state index contributed by atoms with van der Waals surface area (Å²) in [7, 11) is 0. The van der Waals surface area contributed by atoms with Crippen LogP contribution in [0.25, 0.3) is 0 Å². The lowest BCUT2D eigenvalue weighted by Crippen LogP contribution is -2.06. The monoisotopic (exact) mass is 136 g/mol. The van der Waals surface area contributed by atoms with Crippen molar-refractivity contribution in [2.75, 3.05) is 6.54 Å². The fourth-order valence-corrected chi connectivity index (χ4v) is 1.10. The Morgan fingerprint density at radius 1 is 1.60 bits per heavy atom. The molecule has 0 aromatic heterocycles. The van der Waals surface area contributed by atoms with Crippen LogP contribution in [-0.4, -0.2) is 6.54 Å². The van der Waals surface area contributed by atoms with Gasteiger partial charge in [-0.1, -0.05) is 6.58 Å². The van der Waals surface area contributed by atoms with Crippen LogP contribution in [0.4, 0.5) is 0 Å². The molecule has 0 amide bonds. The maximum Gasteiger partial charge on any atom is 0.0387 e. The van der Waals surface area contributed by atoms with Crippen molar-refractivity contribution < 1.29 is 0 Å². The average molecular weight is 136 g/mol. The molecule has 54 valence electrons. The van der Waals surface area contributed by atoms with Gasteiger partial charge in [0.05, 0.1) is 0 Å². The van der Waals surface area contributed by atoms with E-state index in [1.807, 2.05) is 13.0 Å². The summed E-state index contributed by atoms with van der Waals surface area (Å²) < 4.78 is 0. The number of allylic oxidation sites excluding steroid dienone is 3. The zero-order chi connectivity index (χ0) is 7.72. The normalized spacial score (nSPS) is 18.2. The molecule has 1 aliphatic rings. The summed E-state index contributed by atoms with van der Waals surface area (Å²) >= 11 is 0. The van der Waals surface area contributed by atoms with Gasteiger partial charge < -0.3 is 11.5 Å². The number of rotatable bonds is 1. The van der Waals surface area contributed by atoms with E-state index in [9.17, 15) is 0 Å². The van der Waals surface area contributed by atoms with Crippen molar-refractivity contribution in [2.24, 2.45) is 11.5 Å². The van der Waals surface area contributed by atoms with Gasteiger partial charge in [-0.2, -0.15) is 0 Å². The lowest BCUT2D eigenvalue weighted by molar-refractivity contribution is 1.14. The fraction of sp³-hybridized carbons (Fsp3) is 0.250. The van der Waals surface area contributed by atoms with E-state index in [-0.39, 0.29) is 0 Å². The Labute approximate surface area is 60.9 Å². The first kappa shape index (κ1) is 7.09. The standard InChI is InChI=1S/C8H12N2/c1-5-3-8(10)6(2)7(5)4-9/h3H,2,4,9-10H2,1H3. The molecule has 0 aliphatic heterocycles. The first-order valence-corrected chi connectivity index (χ1v) is 3.23. The Hall–Kier alpha value is -1.02. The van der Waals surface area contributed by atoms with Crippen molar-refractivity contribution in [2.45, 2.75) is 6.92 Å². The lowest BCUT2D eigenvalue weighted by Gasteiger charge is -2.01. The van der Waals surface area contributed by atoms with Gasteiger partial charge in [0.2, 0.25) is 0 Å². The van der Waals surface area contributed by atoms with E-state index < -0.39 is 0 Å². The van der Waals surface area contributed by atoms with Crippen LogP contribution in [0.15, 0.2) is 35.1 Å². The molecule has 1 rings (SSSR count). The number of hydrogen-bond donors (Lipinski definition) is 2. The quantitative estimate of drug-likeness (QED) is 0.556. The molecule has 0 atom stereocenters. The van der Waals surface area contributed by atoms with Gasteiger partial charge in [-0.15, -0.1) is 0 Å². The van der Waals surface area contributed by atoms with Gasteiger partial charge in [-0.3, -0.25) is 0 Å². The molecule has 0 fully saturated rings. The molecule has 0 heterocycles. The van der Waals surface area contributed by atoms with E-state index in [1.54, 1.807) is 0 Å². The second-order valence-corrected chi connectivity index (χ2v) is 2.44. The van der Waals surface area contributed by atoms with Crippen LogP contribution in [0.1, 0.15) is 6.92 Å². The summed E-state index contributed by atoms with van der Waals surface area (Å²) in [6.45, 7) is 6.33. The molecule has 1 aliphatic carbocycles. The second-order valence-electron chi connectivity index (χ2n) is 2.44. The van der Waals surface area contributed by atoms with E-state index in [0.29, 0.717) is 6.54 Å². The van der Waals surface area contributed by atoms with E-state index in [1.165, 1.54) is 0 Å². The summed E-state index contributed by atoms with van der Waals surface area (Å²) in [4.78, 5) is 0. The molecular weight excluding hydrogens is 124 g/mol. The van der Waals surface area contributed by atoms with Crippen LogP contribution in [0.2, 0.25) is 0 Å². The zero-order valence-electron chi connectivity index (χ0n) is 6.15. The maximum absolute atomic E-state index is 5.60. The predicted molar refractivity (Wildman–Crippen MR) is 43.2 cm³/mol. The van der Waals surface area contributed by atoms with E-state index in [4.69, 9.17) is 11.5 Å². The molecular formula is C8H12N2. The third-order valence-electron chi connectivity index (χ3n) is 1.76. The fourth-order valence-electron chi connectivity index (χ4n) is 1.10. The van der Waals surface area contributed by atoms with Gasteiger partial charge in [0.1, 0.15) is 0 Å². The van der Waals surface area contributed by atoms with Gasteiger partial charge in [-0.05, 0) is 29.7 Å². The minimum absolute atomic E-state index is 0.530. The molecule has 0 unspecified atom stereocenters. The van der Waals surface area contributed by atoms with E-state index in [0.717, 1.165) is 22.4 Å². The van der Waals surface area contributed by atoms with E-state index in [2.05, 4.69) is 6.58 Å². The highest BCUT2D eigenvalue weighted by atomic mass is 14.6. The van der Waals surface area contributed by atoms with Crippen LogP contribution < -0.4 is 11.5 Å². The second kappa shape index (κ2) is 2.31. The minimum Gasteiger partial charge on any atom is -0.398 e. The molecule has 10 heavy (non-hydrogen) atoms. The summed E-state index contributed by atoms with van der Waals surface area (Å²) in [6.07, 6.45) is 1.91. The van der Waals surface area contributed by atoms with Crippen LogP contribution in [-0.2, 0) is 0 Å². The topological polar surface area (TPSA) is 52.0 Å². The Morgan fingerprint density at radius 3 is 2.40 bits per heavy atom. The minimum atomic E-state index is 0.530. The summed E-state index contributed by atoms with van der Waals surface area (Å²) in [5.41, 5.74) is 14.9. The van der Waals surface area contributed by atoms with E-state index >= 15 is 0 Å². The van der Waals surface area contributed by atoms with Crippen LogP contribution in [0.5, 0.6) is 0 Å². The first-order chi connectivity index (χ1) is 4.66. The molecule has 0 saturated heterocycles. The van der Waals surface area contributed by atoms with Crippen LogP contribution in [0, 0.1) is 0 Å². The molecule has 2 nitrogen and oxygen atoms in total. The SMILES string of the molecule is C=C1C(N)=CC(C)=C1CN. The Bertz CT molecular complexity index is 234. The molecule has 0 spiro atoms. The van der Waals surface area contributed by atoms with Crippen molar-refractivity contribution in [3.63, 3.8) is 0 Å². The smallest absolute Gasteiger partial charge is 0.0387 e. The Kier molecular flexibility index (Phi) is 1.64. The number of hydrogen-bond acceptors (Lipinski definition) is 2. The van der Waals surface area contributed by atoms with Crippen LogP contribution in [0.3, 0.4) is 0 Å². The average Bonchev–Trinajstić information content (AvgIpc) is 2.09. The largest absolute Gasteiger partial charge is 0.398 e. The Morgan fingerprint density at radius 2 is 2.20 bits per heavy atom. The molecule has 0 bridgehead atoms. The van der Waals surface area contributed by atoms with Crippen LogP contribution >= 0.6 is 0 Å². The molecule has 0 radical (unpaired) electrons. The highest BCUT2D eigenvalue weighted by molar-refractivity contribution is 5.56. The molecule has 2 heteroatoms. The first-order valence-electron chi connectivity index (χ1n) is 3.23. The van der Waals surface area contributed by atoms with Crippen molar-refractivity contribution in [1.82, 2.24) is 0 Å². The third-order valence-corrected chi connectivity index (χ3v) is 1.76. The lowest BCUT2D eigenvalue weighted by atomic mass is 10.1. The summed E-state index contributed by atoms with van der Waals surface area (Å²) in [5.74, 6) is 0. The van der Waals surface area contributed by atoms with Crippen molar-refractivity contribution in [3.05, 3.63) is 35.1 Å². The molecule has 4 N–H and O–H groups in total. The van der Waals surface area contributed by atoms with Gasteiger partial charge in [-0.25, -0.2) is 0 Å². The highest BCUT2D eigenvalue weighted by Gasteiger charge is 2.12. The summed E-state index contributed by atoms with van der Waals surface area (Å²) in [6, 6.07) is 0. The van der Waals surface area contributed by atoms with Crippen molar-refractivity contribution in [3.8, 4) is 0 Å². The van der Waals surface area contributed by atoms with Gasteiger partial charge in [0.25, 0.3) is 0 Å². The van der Waals surface area contributed by atoms with Crippen molar-refractivity contribution >= 4 is 0 Å². The molecule has 0 aromatic rings. The van der Waals surface area contributed by atoms with Gasteiger partial charge in [0, 0.05) is 12.2 Å². The molecule has 0 aromatic carbocycles. The maximum atomic E-state index is 5.60. The van der Waals surface area contributed by atoms with Gasteiger partial charge >= 0.3 is 0 Å². The highest BCUT2D eigenvalue weighted by Crippen LogP contribution is 2.25. The molecule has 0 saturated carbocycles. The third kappa shape index (κ3) is 0.866. The Balaban J connectivity index is 2.99.